The van der Waals surface area contributed by atoms with Gasteiger partial charge in [0.15, 0.2) is 5.65 Å². The second kappa shape index (κ2) is 9.99. The van der Waals surface area contributed by atoms with E-state index in [-0.39, 0.29) is 17.6 Å². The van der Waals surface area contributed by atoms with Crippen molar-refractivity contribution in [1.29, 1.82) is 5.26 Å². The molecule has 10 nitrogen and oxygen atoms in total. The average molecular weight is 532 g/mol. The molecule has 5 heterocycles. The van der Waals surface area contributed by atoms with Gasteiger partial charge in [0.1, 0.15) is 29.5 Å². The number of fused-ring (bicyclic) bond motifs is 1. The number of aromatic nitrogens is 6. The predicted octanol–water partition coefficient (Wildman–Crippen LogP) is 4.15. The second-order valence-electron chi connectivity index (χ2n) is 9.35. The van der Waals surface area contributed by atoms with Crippen molar-refractivity contribution in [2.45, 2.75) is 13.0 Å². The van der Waals surface area contributed by atoms with Crippen LogP contribution in [0.1, 0.15) is 23.0 Å². The fourth-order valence-electron chi connectivity index (χ4n) is 4.93. The van der Waals surface area contributed by atoms with Crippen molar-refractivity contribution in [1.82, 2.24) is 34.4 Å². The smallest absolute Gasteiger partial charge is 0.278 e. The molecular weight excluding hydrogens is 509 g/mol. The van der Waals surface area contributed by atoms with Crippen LogP contribution in [0, 0.1) is 17.1 Å². The topological polar surface area (TPSA) is 117 Å². The number of nitriles is 1. The van der Waals surface area contributed by atoms with Crippen LogP contribution in [0.2, 0.25) is 0 Å². The molecule has 1 atom stereocenters. The summed E-state index contributed by atoms with van der Waals surface area (Å²) in [5, 5.41) is 10.0. The summed E-state index contributed by atoms with van der Waals surface area (Å²) in [6.07, 6.45) is 9.17. The summed E-state index contributed by atoms with van der Waals surface area (Å²) in [5.74, 6) is 0.359. The molecule has 0 radical (unpaired) electrons. The van der Waals surface area contributed by atoms with Crippen molar-refractivity contribution in [3.63, 3.8) is 0 Å². The van der Waals surface area contributed by atoms with Crippen molar-refractivity contribution in [2.24, 2.45) is 0 Å². The van der Waals surface area contributed by atoms with Crippen LogP contribution in [-0.4, -0.2) is 59.4 Å². The number of carbonyl (C=O) groups is 1. The van der Waals surface area contributed by atoms with Gasteiger partial charge in [0.25, 0.3) is 5.91 Å². The molecule has 11 heteroatoms. The molecule has 1 saturated heterocycles. The molecule has 0 aliphatic carbocycles. The lowest BCUT2D eigenvalue weighted by atomic mass is 10.0. The van der Waals surface area contributed by atoms with Gasteiger partial charge < -0.3 is 9.80 Å². The van der Waals surface area contributed by atoms with Gasteiger partial charge in [-0.05, 0) is 25.1 Å². The molecule has 0 saturated carbocycles. The second-order valence-corrected chi connectivity index (χ2v) is 9.35. The molecule has 196 valence electrons. The molecule has 1 fully saturated rings. The van der Waals surface area contributed by atoms with Crippen LogP contribution in [0.5, 0.6) is 0 Å². The van der Waals surface area contributed by atoms with E-state index in [9.17, 15) is 10.1 Å². The molecule has 0 bridgehead atoms. The minimum Gasteiger partial charge on any atom is -0.346 e. The molecule has 1 aromatic carbocycles. The van der Waals surface area contributed by atoms with Gasteiger partial charge in [-0.25, -0.2) is 24.3 Å². The average Bonchev–Trinajstić information content (AvgIpc) is 3.38. The van der Waals surface area contributed by atoms with Crippen molar-refractivity contribution in [2.75, 3.05) is 18.0 Å². The van der Waals surface area contributed by atoms with Gasteiger partial charge in [-0.15, -0.1) is 0 Å². The monoisotopic (exact) mass is 531 g/mol. The number of nitrogens with zero attached hydrogens (tertiary/aromatic N) is 9. The molecule has 4 aromatic heterocycles. The number of piperazine rings is 1. The Morgan fingerprint density at radius 1 is 1.10 bits per heavy atom. The third-order valence-corrected chi connectivity index (χ3v) is 6.86. The van der Waals surface area contributed by atoms with E-state index in [2.05, 4.69) is 37.6 Å². The molecule has 5 aromatic rings. The van der Waals surface area contributed by atoms with Gasteiger partial charge in [-0.1, -0.05) is 24.8 Å². The fraction of sp³-hybridized carbons (Fsp3) is 0.138. The van der Waals surface area contributed by atoms with Gasteiger partial charge in [0.2, 0.25) is 0 Å². The highest BCUT2D eigenvalue weighted by atomic mass is 19.1. The summed E-state index contributed by atoms with van der Waals surface area (Å²) in [6.45, 7) is 6.78. The maximum atomic E-state index is 15.2. The fourth-order valence-corrected chi connectivity index (χ4v) is 4.93. The van der Waals surface area contributed by atoms with Crippen molar-refractivity contribution in [3.05, 3.63) is 103 Å². The molecule has 0 unspecified atom stereocenters. The Hall–Kier alpha value is -5.50. The van der Waals surface area contributed by atoms with E-state index < -0.39 is 5.82 Å². The number of anilines is 1. The van der Waals surface area contributed by atoms with Gasteiger partial charge in [0.05, 0.1) is 29.8 Å². The summed E-state index contributed by atoms with van der Waals surface area (Å²) < 4.78 is 16.9. The molecule has 1 aliphatic rings. The number of hydrogen-bond acceptors (Lipinski definition) is 8. The van der Waals surface area contributed by atoms with Crippen LogP contribution in [0.25, 0.3) is 28.0 Å². The van der Waals surface area contributed by atoms with Crippen LogP contribution in [0.4, 0.5) is 10.2 Å². The third kappa shape index (κ3) is 4.21. The Bertz CT molecular complexity index is 1810. The summed E-state index contributed by atoms with van der Waals surface area (Å²) >= 11 is 0. The third-order valence-electron chi connectivity index (χ3n) is 6.86. The maximum Gasteiger partial charge on any atom is 0.278 e. The van der Waals surface area contributed by atoms with E-state index in [1.54, 1.807) is 52.2 Å². The van der Waals surface area contributed by atoms with Gasteiger partial charge in [-0.2, -0.15) is 5.26 Å². The number of hydrogen-bond donors (Lipinski definition) is 0. The van der Waals surface area contributed by atoms with Crippen LogP contribution >= 0.6 is 0 Å². The van der Waals surface area contributed by atoms with Crippen molar-refractivity contribution < 1.29 is 9.18 Å². The molecular formula is C29H22FN9O. The zero-order chi connectivity index (χ0) is 27.8. The molecule has 0 N–H and O–H groups in total. The minimum atomic E-state index is -0.396. The van der Waals surface area contributed by atoms with E-state index in [0.717, 1.165) is 0 Å². The summed E-state index contributed by atoms with van der Waals surface area (Å²) in [5.41, 5.74) is 2.69. The largest absolute Gasteiger partial charge is 0.346 e. The Labute approximate surface area is 228 Å². The highest BCUT2D eigenvalue weighted by Crippen LogP contribution is 2.39. The van der Waals surface area contributed by atoms with Crippen LogP contribution < -0.4 is 4.90 Å². The minimum absolute atomic E-state index is 0.180. The quantitative estimate of drug-likeness (QED) is 0.340. The molecule has 1 aliphatic heterocycles. The van der Waals surface area contributed by atoms with E-state index in [1.165, 1.54) is 31.0 Å². The zero-order valence-corrected chi connectivity index (χ0v) is 21.4. The van der Waals surface area contributed by atoms with Crippen LogP contribution in [0.15, 0.2) is 86.0 Å². The summed E-state index contributed by atoms with van der Waals surface area (Å²) in [4.78, 5) is 38.5. The molecule has 6 rings (SSSR count). The first-order valence-corrected chi connectivity index (χ1v) is 12.5. The first-order valence-electron chi connectivity index (χ1n) is 12.5. The first-order chi connectivity index (χ1) is 19.5. The number of benzene rings is 1. The SMILES string of the molecule is C=C1CN(c2ncnc3c2c(-c2ccccc2F)cn3-c2cc(C#N)ccn2)[C@@H](C)CN1C(=O)c1cnccn1. The standard InChI is InChI=1S/C29H22FN9O/c1-18-15-38(29(40)24-13-32-9-10-33-24)19(2)14-37(18)27-26-22(21-5-3-4-6-23(21)30)16-39(28(26)36-17-35-27)25-11-20(12-31)7-8-34-25/h3-11,13,16-18H,2,14-15H2,1H3/t18-/m0/s1. The van der Waals surface area contributed by atoms with Crippen LogP contribution in [-0.2, 0) is 0 Å². The van der Waals surface area contributed by atoms with E-state index in [4.69, 9.17) is 0 Å². The first kappa shape index (κ1) is 24.8. The Kier molecular flexibility index (Phi) is 6.20. The number of pyridine rings is 1. The summed E-state index contributed by atoms with van der Waals surface area (Å²) in [6, 6.07) is 11.7. The number of halogens is 1. The lowest BCUT2D eigenvalue weighted by Gasteiger charge is -2.41. The Balaban J connectivity index is 1.48. The van der Waals surface area contributed by atoms with Gasteiger partial charge >= 0.3 is 0 Å². The highest BCUT2D eigenvalue weighted by molar-refractivity contribution is 6.02. The molecule has 0 spiro atoms. The lowest BCUT2D eigenvalue weighted by Crippen LogP contribution is -2.52. The highest BCUT2D eigenvalue weighted by Gasteiger charge is 2.33. The van der Waals surface area contributed by atoms with Crippen molar-refractivity contribution >= 4 is 22.8 Å². The normalized spacial score (nSPS) is 15.3. The van der Waals surface area contributed by atoms with E-state index in [0.29, 0.717) is 58.1 Å². The maximum absolute atomic E-state index is 15.2. The Morgan fingerprint density at radius 2 is 1.95 bits per heavy atom. The number of amides is 1. The van der Waals surface area contributed by atoms with Crippen molar-refractivity contribution in [3.8, 4) is 23.0 Å². The number of carbonyl (C=O) groups excluding carboxylic acids is 1. The summed E-state index contributed by atoms with van der Waals surface area (Å²) in [7, 11) is 0. The Morgan fingerprint density at radius 3 is 2.73 bits per heavy atom. The molecule has 40 heavy (non-hydrogen) atoms. The van der Waals surface area contributed by atoms with E-state index >= 15 is 4.39 Å². The zero-order valence-electron chi connectivity index (χ0n) is 21.4. The van der Waals surface area contributed by atoms with Gasteiger partial charge in [0, 0.05) is 54.2 Å². The van der Waals surface area contributed by atoms with Crippen LogP contribution in [0.3, 0.4) is 0 Å². The molecule has 1 amide bonds. The van der Waals surface area contributed by atoms with Gasteiger partial charge in [-0.3, -0.25) is 14.3 Å². The van der Waals surface area contributed by atoms with E-state index in [1.807, 2.05) is 11.8 Å². The lowest BCUT2D eigenvalue weighted by molar-refractivity contribution is 0.0776. The predicted molar refractivity (Wildman–Crippen MR) is 146 cm³/mol. The number of rotatable bonds is 4.